The molecule has 0 radical (unpaired) electrons. The number of piperazine rings is 1. The molecule has 0 spiro atoms. The van der Waals surface area contributed by atoms with Gasteiger partial charge in [0, 0.05) is 31.7 Å². The Bertz CT molecular complexity index is 1030. The largest absolute Gasteiger partial charge is 0.477 e. The normalized spacial score (nSPS) is 18.9. The Kier molecular flexibility index (Phi) is 7.21. The van der Waals surface area contributed by atoms with Crippen LogP contribution in [0.4, 0.5) is 22.0 Å². The third-order valence-electron chi connectivity index (χ3n) is 5.51. The highest BCUT2D eigenvalue weighted by molar-refractivity contribution is 5.88. The molecule has 11 heteroatoms. The van der Waals surface area contributed by atoms with Gasteiger partial charge in [-0.3, -0.25) is 9.69 Å². The average Bonchev–Trinajstić information content (AvgIpc) is 2.76. The van der Waals surface area contributed by atoms with Gasteiger partial charge >= 0.3 is 5.97 Å². The maximum atomic E-state index is 14.1. The molecule has 6 nitrogen and oxygen atoms in total. The number of ether oxygens (including phenoxy) is 1. The molecule has 2 aromatic rings. The van der Waals surface area contributed by atoms with Crippen LogP contribution in [0.25, 0.3) is 0 Å². The van der Waals surface area contributed by atoms with Gasteiger partial charge < -0.3 is 14.7 Å². The minimum Gasteiger partial charge on any atom is -0.477 e. The summed E-state index contributed by atoms with van der Waals surface area (Å²) in [5, 5.41) is 8.72. The van der Waals surface area contributed by atoms with Crippen LogP contribution in [-0.4, -0.2) is 58.6 Å². The topological polar surface area (TPSA) is 70.1 Å². The summed E-state index contributed by atoms with van der Waals surface area (Å²) in [6, 6.07) is 5.59. The van der Waals surface area contributed by atoms with E-state index in [-0.39, 0.29) is 24.4 Å². The van der Waals surface area contributed by atoms with Crippen LogP contribution in [0.5, 0.6) is 5.75 Å². The summed E-state index contributed by atoms with van der Waals surface area (Å²) >= 11 is 0. The molecule has 1 aliphatic heterocycles. The molecular formula is C22H21F5N2O4. The summed E-state index contributed by atoms with van der Waals surface area (Å²) < 4.78 is 73.6. The first-order chi connectivity index (χ1) is 15.5. The van der Waals surface area contributed by atoms with Gasteiger partial charge in [0.2, 0.25) is 11.6 Å². The second-order valence-corrected chi connectivity index (χ2v) is 7.85. The molecule has 0 saturated carbocycles. The monoisotopic (exact) mass is 472 g/mol. The first kappa shape index (κ1) is 24.4. The van der Waals surface area contributed by atoms with Crippen molar-refractivity contribution in [2.75, 3.05) is 19.7 Å². The fourth-order valence-electron chi connectivity index (χ4n) is 3.73. The van der Waals surface area contributed by atoms with Crippen LogP contribution in [0.3, 0.4) is 0 Å². The molecule has 2 aromatic carbocycles. The van der Waals surface area contributed by atoms with E-state index in [2.05, 4.69) is 4.90 Å². The fraction of sp³-hybridized carbons (Fsp3) is 0.364. The van der Waals surface area contributed by atoms with Gasteiger partial charge in [-0.25, -0.2) is 18.0 Å². The molecule has 2 unspecified atom stereocenters. The first-order valence-corrected chi connectivity index (χ1v) is 10.0. The third kappa shape index (κ3) is 5.08. The number of carbonyl (C=O) groups excluding carboxylic acids is 1. The highest BCUT2D eigenvalue weighted by Gasteiger charge is 2.34. The van der Waals surface area contributed by atoms with Gasteiger partial charge in [-0.1, -0.05) is 12.1 Å². The number of rotatable bonds is 6. The van der Waals surface area contributed by atoms with Gasteiger partial charge in [-0.05, 0) is 31.5 Å². The van der Waals surface area contributed by atoms with E-state index in [4.69, 9.17) is 9.84 Å². The van der Waals surface area contributed by atoms with E-state index >= 15 is 0 Å². The predicted molar refractivity (Wildman–Crippen MR) is 106 cm³/mol. The summed E-state index contributed by atoms with van der Waals surface area (Å²) in [5.41, 5.74) is -0.901. The minimum absolute atomic E-state index is 0.117. The molecule has 1 amide bonds. The number of hydrogen-bond acceptors (Lipinski definition) is 4. The maximum Gasteiger partial charge on any atom is 0.341 e. The minimum atomic E-state index is -2.19. The second kappa shape index (κ2) is 9.74. The van der Waals surface area contributed by atoms with Crippen molar-refractivity contribution in [3.63, 3.8) is 0 Å². The fourth-order valence-corrected chi connectivity index (χ4v) is 3.73. The molecule has 178 valence electrons. The molecule has 1 aliphatic rings. The second-order valence-electron chi connectivity index (χ2n) is 7.85. The van der Waals surface area contributed by atoms with Crippen molar-refractivity contribution in [3.05, 3.63) is 64.5 Å². The lowest BCUT2D eigenvalue weighted by Gasteiger charge is -2.44. The summed E-state index contributed by atoms with van der Waals surface area (Å²) in [7, 11) is 0. The average molecular weight is 472 g/mol. The van der Waals surface area contributed by atoms with Crippen LogP contribution < -0.4 is 4.74 Å². The molecule has 1 fully saturated rings. The highest BCUT2D eigenvalue weighted by Crippen LogP contribution is 2.30. The van der Waals surface area contributed by atoms with Gasteiger partial charge in [0.05, 0.1) is 0 Å². The Morgan fingerprint density at radius 3 is 2.06 bits per heavy atom. The van der Waals surface area contributed by atoms with Crippen LogP contribution in [-0.2, 0) is 11.3 Å². The zero-order valence-electron chi connectivity index (χ0n) is 17.7. The maximum absolute atomic E-state index is 14.1. The van der Waals surface area contributed by atoms with Crippen molar-refractivity contribution < 1.29 is 41.4 Å². The smallest absolute Gasteiger partial charge is 0.341 e. The lowest BCUT2D eigenvalue weighted by atomic mass is 10.1. The molecule has 0 aliphatic carbocycles. The highest BCUT2D eigenvalue weighted by atomic mass is 19.2. The Balaban J connectivity index is 1.67. The zero-order chi connectivity index (χ0) is 24.4. The van der Waals surface area contributed by atoms with Crippen molar-refractivity contribution in [1.82, 2.24) is 9.80 Å². The molecule has 1 heterocycles. The Hall–Kier alpha value is -3.21. The van der Waals surface area contributed by atoms with Gasteiger partial charge in [0.15, 0.2) is 24.0 Å². The molecule has 0 bridgehead atoms. The van der Waals surface area contributed by atoms with Crippen LogP contribution in [0, 0.1) is 29.1 Å². The lowest BCUT2D eigenvalue weighted by Crippen LogP contribution is -2.58. The van der Waals surface area contributed by atoms with E-state index in [0.29, 0.717) is 13.1 Å². The van der Waals surface area contributed by atoms with E-state index in [1.165, 1.54) is 17.0 Å². The van der Waals surface area contributed by atoms with Gasteiger partial charge in [-0.2, -0.15) is 8.78 Å². The number of amides is 1. The Morgan fingerprint density at radius 2 is 1.52 bits per heavy atom. The van der Waals surface area contributed by atoms with E-state index < -0.39 is 53.1 Å². The molecular weight excluding hydrogens is 451 g/mol. The van der Waals surface area contributed by atoms with Crippen molar-refractivity contribution in [2.45, 2.75) is 32.5 Å². The molecule has 3 rings (SSSR count). The van der Waals surface area contributed by atoms with Crippen molar-refractivity contribution in [1.29, 1.82) is 0 Å². The van der Waals surface area contributed by atoms with Crippen LogP contribution >= 0.6 is 0 Å². The number of nitrogens with zero attached hydrogens (tertiary/aromatic N) is 2. The lowest BCUT2D eigenvalue weighted by molar-refractivity contribution is -0.139. The summed E-state index contributed by atoms with van der Waals surface area (Å²) in [6.07, 6.45) is 0. The Morgan fingerprint density at radius 1 is 0.939 bits per heavy atom. The molecule has 1 N–H and O–H groups in total. The summed E-state index contributed by atoms with van der Waals surface area (Å²) in [4.78, 5) is 26.9. The van der Waals surface area contributed by atoms with Gasteiger partial charge in [-0.15, -0.1) is 0 Å². The number of hydrogen-bond donors (Lipinski definition) is 1. The van der Waals surface area contributed by atoms with E-state index in [9.17, 15) is 31.5 Å². The number of carboxylic acid groups (broad SMARTS) is 1. The van der Waals surface area contributed by atoms with E-state index in [0.717, 1.165) is 5.56 Å². The zero-order valence-corrected chi connectivity index (χ0v) is 17.7. The molecule has 1 saturated heterocycles. The number of carbonyl (C=O) groups is 2. The molecule has 0 aromatic heterocycles. The van der Waals surface area contributed by atoms with Gasteiger partial charge in [0.1, 0.15) is 11.4 Å². The quantitative estimate of drug-likeness (QED) is 0.514. The van der Waals surface area contributed by atoms with Crippen molar-refractivity contribution in [3.8, 4) is 5.75 Å². The number of halogens is 5. The van der Waals surface area contributed by atoms with Crippen LogP contribution in [0.2, 0.25) is 0 Å². The third-order valence-corrected chi connectivity index (χ3v) is 5.51. The van der Waals surface area contributed by atoms with Crippen molar-refractivity contribution >= 4 is 11.9 Å². The van der Waals surface area contributed by atoms with E-state index in [1.54, 1.807) is 19.1 Å². The molecule has 33 heavy (non-hydrogen) atoms. The SMILES string of the molecule is CC1CN(C(=O)COc2c(F)c(F)c(C(=O)O)c(F)c2F)C(C)CN1Cc1ccc(F)cc1. The van der Waals surface area contributed by atoms with Crippen LogP contribution in [0.15, 0.2) is 24.3 Å². The van der Waals surface area contributed by atoms with Crippen molar-refractivity contribution in [2.24, 2.45) is 0 Å². The molecule has 2 atom stereocenters. The standard InChI is InChI=1S/C22H21F5N2O4/c1-11-8-29(12(2)7-28(11)9-13-3-5-14(23)6-4-13)15(30)10-33-21-19(26)17(24)16(22(31)32)18(25)20(21)27/h3-6,11-12H,7-10H2,1-2H3,(H,31,32). The summed E-state index contributed by atoms with van der Waals surface area (Å²) in [6.45, 7) is 3.93. The Labute approximate surface area is 186 Å². The summed E-state index contributed by atoms with van der Waals surface area (Å²) in [5.74, 6) is -13.0. The van der Waals surface area contributed by atoms with Gasteiger partial charge in [0.25, 0.3) is 5.91 Å². The number of aromatic carboxylic acids is 1. The first-order valence-electron chi connectivity index (χ1n) is 10.0. The number of benzene rings is 2. The predicted octanol–water partition coefficient (Wildman–Crippen LogP) is 3.58. The number of carboxylic acids is 1. The van der Waals surface area contributed by atoms with E-state index in [1.807, 2.05) is 6.92 Å². The van der Waals surface area contributed by atoms with Crippen LogP contribution in [0.1, 0.15) is 29.8 Å².